The third-order valence-corrected chi connectivity index (χ3v) is 9.13. The molecule has 1 N–H and O–H groups in total. The van der Waals surface area contributed by atoms with Crippen molar-refractivity contribution in [3.63, 3.8) is 0 Å². The zero-order valence-corrected chi connectivity index (χ0v) is 22.7. The van der Waals surface area contributed by atoms with Crippen LogP contribution in [0.1, 0.15) is 37.4 Å². The molecule has 0 aliphatic carbocycles. The smallest absolute Gasteiger partial charge is 0.295 e. The van der Waals surface area contributed by atoms with Gasteiger partial charge in [-0.05, 0) is 49.1 Å². The van der Waals surface area contributed by atoms with Crippen molar-refractivity contribution < 1.29 is 13.2 Å². The van der Waals surface area contributed by atoms with Crippen LogP contribution < -0.4 is 10.9 Å². The minimum atomic E-state index is -3.59. The third-order valence-electron chi connectivity index (χ3n) is 7.22. The molecule has 2 aromatic carbocycles. The Hall–Kier alpha value is -3.21. The summed E-state index contributed by atoms with van der Waals surface area (Å²) in [6.07, 6.45) is 0.995. The van der Waals surface area contributed by atoms with Crippen LogP contribution in [0.25, 0.3) is 5.69 Å². The number of para-hydroxylation sites is 1. The highest BCUT2D eigenvalue weighted by Gasteiger charge is 2.29. The summed E-state index contributed by atoms with van der Waals surface area (Å²) in [6, 6.07) is 16.4. The Kier molecular flexibility index (Phi) is 8.01. The summed E-state index contributed by atoms with van der Waals surface area (Å²) < 4.78 is 31.0. The van der Waals surface area contributed by atoms with Crippen molar-refractivity contribution in [3.8, 4) is 5.69 Å². The van der Waals surface area contributed by atoms with Crippen LogP contribution in [0, 0.1) is 6.92 Å². The minimum Gasteiger partial charge on any atom is -0.319 e. The van der Waals surface area contributed by atoms with E-state index in [1.165, 1.54) is 8.99 Å². The van der Waals surface area contributed by atoms with Crippen LogP contribution >= 0.6 is 0 Å². The van der Waals surface area contributed by atoms with E-state index in [-0.39, 0.29) is 23.7 Å². The lowest BCUT2D eigenvalue weighted by Gasteiger charge is -2.33. The number of rotatable bonds is 8. The van der Waals surface area contributed by atoms with E-state index in [0.29, 0.717) is 48.4 Å². The maximum atomic E-state index is 13.1. The molecule has 1 amide bonds. The molecule has 1 aromatic heterocycles. The molecule has 37 heavy (non-hydrogen) atoms. The number of carbonyl (C=O) groups excluding carboxylic acids is 1. The molecule has 1 aliphatic heterocycles. The molecule has 1 saturated heterocycles. The molecule has 0 bridgehead atoms. The van der Waals surface area contributed by atoms with Gasteiger partial charge in [0, 0.05) is 33.2 Å². The summed E-state index contributed by atoms with van der Waals surface area (Å²) >= 11 is 0. The van der Waals surface area contributed by atoms with Gasteiger partial charge in [-0.15, -0.1) is 0 Å². The van der Waals surface area contributed by atoms with Crippen LogP contribution in [0.2, 0.25) is 0 Å². The van der Waals surface area contributed by atoms with Gasteiger partial charge in [-0.3, -0.25) is 19.2 Å². The van der Waals surface area contributed by atoms with E-state index in [0.717, 1.165) is 12.0 Å². The standard InChI is InChI=1S/C27H35N5O4S/c1-5-20(2)22-11-13-24(14-12-22)37(35,36)31-17-15-30(16-18-31)19-25(33)28-26-21(3)29(4)32(27(26)34)23-9-7-6-8-10-23/h6-14,20H,5,15-19H2,1-4H3,(H,28,33). The first-order valence-electron chi connectivity index (χ1n) is 12.6. The van der Waals surface area contributed by atoms with Gasteiger partial charge in [-0.2, -0.15) is 4.31 Å². The van der Waals surface area contributed by atoms with E-state index in [9.17, 15) is 18.0 Å². The number of benzene rings is 2. The molecule has 3 aromatic rings. The normalized spacial score (nSPS) is 16.0. The highest BCUT2D eigenvalue weighted by Crippen LogP contribution is 2.23. The second kappa shape index (κ2) is 11.0. The number of nitrogens with zero attached hydrogens (tertiary/aromatic N) is 4. The molecule has 0 spiro atoms. The van der Waals surface area contributed by atoms with Crippen molar-refractivity contribution in [2.24, 2.45) is 7.05 Å². The lowest BCUT2D eigenvalue weighted by atomic mass is 9.99. The Bertz CT molecular complexity index is 1400. The number of sulfonamides is 1. The van der Waals surface area contributed by atoms with Gasteiger partial charge in [0.05, 0.1) is 22.8 Å². The fourth-order valence-corrected chi connectivity index (χ4v) is 6.00. The van der Waals surface area contributed by atoms with Crippen LogP contribution in [0.5, 0.6) is 0 Å². The Balaban J connectivity index is 1.37. The first-order valence-corrected chi connectivity index (χ1v) is 14.0. The quantitative estimate of drug-likeness (QED) is 0.488. The fraction of sp³-hybridized carbons (Fsp3) is 0.407. The van der Waals surface area contributed by atoms with E-state index < -0.39 is 10.0 Å². The predicted octanol–water partition coefficient (Wildman–Crippen LogP) is 2.94. The van der Waals surface area contributed by atoms with Crippen molar-refractivity contribution >= 4 is 21.6 Å². The van der Waals surface area contributed by atoms with E-state index in [4.69, 9.17) is 0 Å². The second-order valence-corrected chi connectivity index (χ2v) is 11.5. The number of amides is 1. The molecule has 1 aliphatic rings. The Morgan fingerprint density at radius 3 is 2.22 bits per heavy atom. The molecule has 9 nitrogen and oxygen atoms in total. The molecule has 4 rings (SSSR count). The van der Waals surface area contributed by atoms with Crippen LogP contribution in [0.3, 0.4) is 0 Å². The van der Waals surface area contributed by atoms with Gasteiger partial charge in [0.15, 0.2) is 0 Å². The summed E-state index contributed by atoms with van der Waals surface area (Å²) in [5.74, 6) is 0.0790. The molecule has 1 unspecified atom stereocenters. The number of aromatic nitrogens is 2. The van der Waals surface area contributed by atoms with Crippen LogP contribution in [-0.2, 0) is 21.9 Å². The van der Waals surface area contributed by atoms with Gasteiger partial charge in [0.1, 0.15) is 5.69 Å². The number of hydrogen-bond acceptors (Lipinski definition) is 5. The molecule has 0 radical (unpaired) electrons. The zero-order valence-electron chi connectivity index (χ0n) is 21.8. The van der Waals surface area contributed by atoms with Crippen LogP contribution in [0.4, 0.5) is 5.69 Å². The van der Waals surface area contributed by atoms with Crippen molar-refractivity contribution in [3.05, 3.63) is 76.2 Å². The van der Waals surface area contributed by atoms with Gasteiger partial charge in [0.2, 0.25) is 15.9 Å². The summed E-state index contributed by atoms with van der Waals surface area (Å²) in [5.41, 5.74) is 2.44. The number of carbonyl (C=O) groups is 1. The number of piperazine rings is 1. The van der Waals surface area contributed by atoms with Crippen molar-refractivity contribution in [2.75, 3.05) is 38.0 Å². The molecule has 2 heterocycles. The summed E-state index contributed by atoms with van der Waals surface area (Å²) in [4.78, 5) is 28.1. The topological polar surface area (TPSA) is 96.7 Å². The Morgan fingerprint density at radius 1 is 1.00 bits per heavy atom. The van der Waals surface area contributed by atoms with E-state index in [1.807, 2.05) is 47.4 Å². The van der Waals surface area contributed by atoms with Crippen LogP contribution in [-0.4, -0.2) is 65.6 Å². The first-order chi connectivity index (χ1) is 17.6. The first kappa shape index (κ1) is 26.8. The van der Waals surface area contributed by atoms with Crippen molar-refractivity contribution in [1.82, 2.24) is 18.6 Å². The SMILES string of the molecule is CCC(C)c1ccc(S(=O)(=O)N2CCN(CC(=O)Nc3c(C)n(C)n(-c4ccccc4)c3=O)CC2)cc1. The monoisotopic (exact) mass is 525 g/mol. The Morgan fingerprint density at radius 2 is 1.62 bits per heavy atom. The highest BCUT2D eigenvalue weighted by molar-refractivity contribution is 7.89. The molecule has 1 fully saturated rings. The number of anilines is 1. The number of hydrogen-bond donors (Lipinski definition) is 1. The zero-order chi connectivity index (χ0) is 26.7. The lowest BCUT2D eigenvalue weighted by molar-refractivity contribution is -0.117. The molecular formula is C27H35N5O4S. The summed E-state index contributed by atoms with van der Waals surface area (Å²) in [5, 5.41) is 2.78. The van der Waals surface area contributed by atoms with Crippen LogP contribution in [0.15, 0.2) is 64.3 Å². The Labute approximate surface area is 218 Å². The molecule has 1 atom stereocenters. The average Bonchev–Trinajstić information content (AvgIpc) is 3.11. The summed E-state index contributed by atoms with van der Waals surface area (Å²) in [7, 11) is -1.82. The van der Waals surface area contributed by atoms with Gasteiger partial charge < -0.3 is 5.32 Å². The summed E-state index contributed by atoms with van der Waals surface area (Å²) in [6.45, 7) is 7.56. The van der Waals surface area contributed by atoms with Gasteiger partial charge >= 0.3 is 0 Å². The predicted molar refractivity (Wildman–Crippen MR) is 145 cm³/mol. The van der Waals surface area contributed by atoms with Gasteiger partial charge in [-0.1, -0.05) is 44.2 Å². The maximum absolute atomic E-state index is 13.1. The van der Waals surface area contributed by atoms with E-state index in [1.54, 1.807) is 30.8 Å². The fourth-order valence-electron chi connectivity index (χ4n) is 4.58. The van der Waals surface area contributed by atoms with E-state index in [2.05, 4.69) is 19.2 Å². The van der Waals surface area contributed by atoms with Gasteiger partial charge in [0.25, 0.3) is 5.56 Å². The lowest BCUT2D eigenvalue weighted by Crippen LogP contribution is -2.50. The molecule has 198 valence electrons. The third kappa shape index (κ3) is 5.56. The van der Waals surface area contributed by atoms with Crippen molar-refractivity contribution in [1.29, 1.82) is 0 Å². The number of nitrogens with one attached hydrogen (secondary N) is 1. The van der Waals surface area contributed by atoms with E-state index >= 15 is 0 Å². The molecule has 0 saturated carbocycles. The van der Waals surface area contributed by atoms with Crippen molar-refractivity contribution in [2.45, 2.75) is 38.0 Å². The highest BCUT2D eigenvalue weighted by atomic mass is 32.2. The molecular weight excluding hydrogens is 490 g/mol. The largest absolute Gasteiger partial charge is 0.319 e. The second-order valence-electron chi connectivity index (χ2n) is 9.54. The molecule has 10 heteroatoms. The average molecular weight is 526 g/mol. The maximum Gasteiger partial charge on any atom is 0.295 e. The minimum absolute atomic E-state index is 0.0800. The van der Waals surface area contributed by atoms with Gasteiger partial charge in [-0.25, -0.2) is 13.1 Å².